The molecule has 6 nitrogen and oxygen atoms in total. The Morgan fingerprint density at radius 2 is 1.64 bits per heavy atom. The lowest BCUT2D eigenvalue weighted by Gasteiger charge is -2.31. The number of nitrogens with zero attached hydrogens (tertiary/aromatic N) is 1. The van der Waals surface area contributed by atoms with E-state index in [1.165, 1.54) is 17.0 Å². The summed E-state index contributed by atoms with van der Waals surface area (Å²) < 4.78 is 52.5. The van der Waals surface area contributed by atoms with Crippen LogP contribution in [0.25, 0.3) is 33.2 Å². The molecule has 1 saturated heterocycles. The summed E-state index contributed by atoms with van der Waals surface area (Å²) in [5.74, 6) is -2.82. The maximum absolute atomic E-state index is 14.0. The number of carbonyl (C=O) groups excluding carboxylic acids is 2. The van der Waals surface area contributed by atoms with Crippen LogP contribution in [-0.4, -0.2) is 41.5 Å². The molecule has 1 fully saturated rings. The first-order valence-corrected chi connectivity index (χ1v) is 13.9. The molecule has 5 rings (SSSR count). The van der Waals surface area contributed by atoms with Gasteiger partial charge >= 0.3 is 6.09 Å². The van der Waals surface area contributed by atoms with Gasteiger partial charge in [0.2, 0.25) is 0 Å². The zero-order chi connectivity index (χ0) is 30.2. The largest absolute Gasteiger partial charge is 0.459 e. The van der Waals surface area contributed by atoms with Crippen molar-refractivity contribution in [3.8, 4) is 22.3 Å². The molecule has 0 radical (unpaired) electrons. The molecule has 1 aliphatic heterocycles. The van der Waals surface area contributed by atoms with Crippen molar-refractivity contribution >= 4 is 23.0 Å². The highest BCUT2D eigenvalue weighted by molar-refractivity contribution is 5.98. The number of amides is 2. The number of likely N-dealkylation sites (tertiary alicyclic amines) is 1. The number of ether oxygens (including phenoxy) is 1. The smallest absolute Gasteiger partial charge is 0.408 e. The molecule has 2 heterocycles. The van der Waals surface area contributed by atoms with Crippen molar-refractivity contribution in [2.24, 2.45) is 0 Å². The maximum Gasteiger partial charge on any atom is 0.408 e. The first-order valence-electron chi connectivity index (χ1n) is 13.9. The van der Waals surface area contributed by atoms with Crippen molar-refractivity contribution in [2.45, 2.75) is 58.6 Å². The van der Waals surface area contributed by atoms with Crippen LogP contribution >= 0.6 is 0 Å². The second-order valence-corrected chi connectivity index (χ2v) is 11.7. The first-order chi connectivity index (χ1) is 19.8. The SMILES string of the molecule is Cc1cc(F)ccc1-c1cc(-c2ccc(C(=O)N3CCC(F)(F)CC3)cc2)cc2cc(CNC(=O)OC(C)(C)C)oc12. The van der Waals surface area contributed by atoms with Crippen molar-refractivity contribution in [1.29, 1.82) is 0 Å². The molecule has 0 atom stereocenters. The highest BCUT2D eigenvalue weighted by atomic mass is 19.3. The Morgan fingerprint density at radius 1 is 0.952 bits per heavy atom. The van der Waals surface area contributed by atoms with E-state index in [0.29, 0.717) is 16.9 Å². The molecule has 1 aromatic heterocycles. The van der Waals surface area contributed by atoms with Crippen molar-refractivity contribution in [3.63, 3.8) is 0 Å². The van der Waals surface area contributed by atoms with Crippen molar-refractivity contribution in [2.75, 3.05) is 13.1 Å². The number of furan rings is 1. The van der Waals surface area contributed by atoms with E-state index in [1.807, 2.05) is 37.3 Å². The van der Waals surface area contributed by atoms with Crippen LogP contribution in [0, 0.1) is 12.7 Å². The third-order valence-electron chi connectivity index (χ3n) is 7.20. The number of hydrogen-bond acceptors (Lipinski definition) is 4. The normalized spacial score (nSPS) is 15.1. The van der Waals surface area contributed by atoms with Crippen LogP contribution in [0.2, 0.25) is 0 Å². The number of fused-ring (bicyclic) bond motifs is 1. The Morgan fingerprint density at radius 3 is 2.29 bits per heavy atom. The van der Waals surface area contributed by atoms with Crippen LogP contribution in [0.15, 0.2) is 65.1 Å². The monoisotopic (exact) mass is 578 g/mol. The van der Waals surface area contributed by atoms with Gasteiger partial charge in [-0.3, -0.25) is 4.79 Å². The summed E-state index contributed by atoms with van der Waals surface area (Å²) in [6.45, 7) is 7.33. The quantitative estimate of drug-likeness (QED) is 0.260. The highest BCUT2D eigenvalue weighted by Crippen LogP contribution is 2.38. The Kier molecular flexibility index (Phi) is 7.79. The van der Waals surface area contributed by atoms with Crippen LogP contribution in [-0.2, 0) is 11.3 Å². The van der Waals surface area contributed by atoms with E-state index >= 15 is 0 Å². The van der Waals surface area contributed by atoms with Gasteiger partial charge in [0.25, 0.3) is 11.8 Å². The van der Waals surface area contributed by atoms with E-state index in [2.05, 4.69) is 5.32 Å². The molecule has 0 saturated carbocycles. The minimum absolute atomic E-state index is 0.0240. The average molecular weight is 579 g/mol. The summed E-state index contributed by atoms with van der Waals surface area (Å²) in [6.07, 6.45) is -1.23. The Hall–Kier alpha value is -4.27. The van der Waals surface area contributed by atoms with E-state index in [9.17, 15) is 22.8 Å². The molecule has 0 aliphatic carbocycles. The zero-order valence-electron chi connectivity index (χ0n) is 24.0. The molecule has 9 heteroatoms. The Labute approximate surface area is 242 Å². The average Bonchev–Trinajstić information content (AvgIpc) is 3.34. The summed E-state index contributed by atoms with van der Waals surface area (Å²) in [5.41, 5.74) is 4.31. The fourth-order valence-corrected chi connectivity index (χ4v) is 5.09. The Balaban J connectivity index is 1.46. The fourth-order valence-electron chi connectivity index (χ4n) is 5.09. The number of alkyl halides is 2. The standard InChI is InChI=1S/C33H33F3N2O4/c1-20-15-25(34)9-10-27(20)28-18-23(16-24-17-26(41-29(24)28)19-37-31(40)42-32(2,3)4)21-5-7-22(8-6-21)30(39)38-13-11-33(35,36)12-14-38/h5-10,15-18H,11-14,19H2,1-4H3,(H,37,40). The van der Waals surface area contributed by atoms with Gasteiger partial charge in [-0.15, -0.1) is 0 Å². The molecule has 1 aliphatic rings. The number of carbonyl (C=O) groups is 2. The lowest BCUT2D eigenvalue weighted by molar-refractivity contribution is -0.0494. The molecule has 0 spiro atoms. The minimum Gasteiger partial charge on any atom is -0.459 e. The Bertz CT molecular complexity index is 1630. The van der Waals surface area contributed by atoms with Crippen LogP contribution in [0.5, 0.6) is 0 Å². The third kappa shape index (κ3) is 6.61. The molecule has 4 aromatic rings. The summed E-state index contributed by atoms with van der Waals surface area (Å²) in [7, 11) is 0. The van der Waals surface area contributed by atoms with Gasteiger partial charge in [0.05, 0.1) is 6.54 Å². The number of rotatable bonds is 5. The summed E-state index contributed by atoms with van der Waals surface area (Å²) in [4.78, 5) is 26.6. The maximum atomic E-state index is 14.0. The van der Waals surface area contributed by atoms with E-state index in [4.69, 9.17) is 9.15 Å². The molecule has 3 aromatic carbocycles. The number of piperidine rings is 1. The second-order valence-electron chi connectivity index (χ2n) is 11.7. The van der Waals surface area contributed by atoms with E-state index < -0.39 is 17.6 Å². The summed E-state index contributed by atoms with van der Waals surface area (Å²) in [6, 6.07) is 17.3. The molecule has 1 N–H and O–H groups in total. The van der Waals surface area contributed by atoms with E-state index in [1.54, 1.807) is 39.0 Å². The minimum atomic E-state index is -2.72. The van der Waals surface area contributed by atoms with E-state index in [0.717, 1.165) is 33.2 Å². The lowest BCUT2D eigenvalue weighted by Crippen LogP contribution is -2.42. The molecular formula is C33H33F3N2O4. The van der Waals surface area contributed by atoms with Crippen molar-refractivity contribution < 1.29 is 31.9 Å². The predicted molar refractivity (Wildman–Crippen MR) is 155 cm³/mol. The number of alkyl carbamates (subject to hydrolysis) is 1. The predicted octanol–water partition coefficient (Wildman–Crippen LogP) is 8.11. The summed E-state index contributed by atoms with van der Waals surface area (Å²) >= 11 is 0. The molecule has 42 heavy (non-hydrogen) atoms. The van der Waals surface area contributed by atoms with Gasteiger partial charge in [-0.05, 0) is 92.4 Å². The topological polar surface area (TPSA) is 71.8 Å². The van der Waals surface area contributed by atoms with Gasteiger partial charge in [0, 0.05) is 42.4 Å². The van der Waals surface area contributed by atoms with Crippen molar-refractivity contribution in [1.82, 2.24) is 10.2 Å². The van der Waals surface area contributed by atoms with Crippen LogP contribution < -0.4 is 5.32 Å². The van der Waals surface area contributed by atoms with Gasteiger partial charge in [0.1, 0.15) is 22.8 Å². The van der Waals surface area contributed by atoms with Crippen LogP contribution in [0.1, 0.15) is 55.3 Å². The van der Waals surface area contributed by atoms with Gasteiger partial charge in [-0.25, -0.2) is 18.0 Å². The summed E-state index contributed by atoms with van der Waals surface area (Å²) in [5, 5.41) is 3.49. The van der Waals surface area contributed by atoms with E-state index in [-0.39, 0.29) is 44.2 Å². The number of halogens is 3. The lowest BCUT2D eigenvalue weighted by atomic mass is 9.94. The van der Waals surface area contributed by atoms with Gasteiger partial charge in [-0.2, -0.15) is 0 Å². The zero-order valence-corrected chi connectivity index (χ0v) is 24.0. The van der Waals surface area contributed by atoms with Gasteiger partial charge in [0.15, 0.2) is 0 Å². The number of hydrogen-bond donors (Lipinski definition) is 1. The first kappa shape index (κ1) is 29.2. The second kappa shape index (κ2) is 11.2. The fraction of sp³-hybridized carbons (Fsp3) is 0.333. The number of aryl methyl sites for hydroxylation is 1. The number of benzene rings is 3. The molecule has 220 valence electrons. The third-order valence-corrected chi connectivity index (χ3v) is 7.20. The van der Waals surface area contributed by atoms with Gasteiger partial charge < -0.3 is 19.4 Å². The molecular weight excluding hydrogens is 545 g/mol. The number of nitrogens with one attached hydrogen (secondary N) is 1. The van der Waals surface area contributed by atoms with Gasteiger partial charge in [-0.1, -0.05) is 18.2 Å². The molecule has 0 bridgehead atoms. The molecule has 2 amide bonds. The van der Waals surface area contributed by atoms with Crippen LogP contribution in [0.3, 0.4) is 0 Å². The highest BCUT2D eigenvalue weighted by Gasteiger charge is 2.35. The molecule has 0 unspecified atom stereocenters. The van der Waals surface area contributed by atoms with Crippen LogP contribution in [0.4, 0.5) is 18.0 Å². The van der Waals surface area contributed by atoms with Crippen molar-refractivity contribution in [3.05, 3.63) is 83.4 Å².